The zero-order chi connectivity index (χ0) is 11.6. The van der Waals surface area contributed by atoms with Crippen molar-refractivity contribution >= 4 is 21.2 Å². The zero-order valence-corrected chi connectivity index (χ0v) is 9.91. The number of anilines is 2. The van der Waals surface area contributed by atoms with Crippen LogP contribution in [0.15, 0.2) is 24.3 Å². The van der Waals surface area contributed by atoms with Crippen LogP contribution in [0.4, 0.5) is 11.4 Å². The summed E-state index contributed by atoms with van der Waals surface area (Å²) in [7, 11) is -2.86. The van der Waals surface area contributed by atoms with Crippen LogP contribution in [0.1, 0.15) is 6.42 Å². The highest BCUT2D eigenvalue weighted by Gasteiger charge is 2.19. The number of nitrogens with two attached hydrogens (primary N) is 1. The van der Waals surface area contributed by atoms with E-state index in [4.69, 9.17) is 5.73 Å². The summed E-state index contributed by atoms with van der Waals surface area (Å²) in [4.78, 5) is 2.06. The lowest BCUT2D eigenvalue weighted by molar-refractivity contribution is 0.597. The third kappa shape index (κ3) is 2.47. The molecule has 0 saturated carbocycles. The Balaban J connectivity index is 2.20. The highest BCUT2D eigenvalue weighted by molar-refractivity contribution is 7.91. The smallest absolute Gasteiger partial charge is 0.152 e. The Kier molecular flexibility index (Phi) is 3.05. The number of benzene rings is 1. The highest BCUT2D eigenvalue weighted by atomic mass is 32.2. The van der Waals surface area contributed by atoms with Gasteiger partial charge >= 0.3 is 0 Å². The normalized spacial score (nSPS) is 20.4. The number of hydrogen-bond donors (Lipinski definition) is 1. The lowest BCUT2D eigenvalue weighted by atomic mass is 10.2. The molecular formula is C11H16N2O2S. The minimum absolute atomic E-state index is 0.224. The van der Waals surface area contributed by atoms with Gasteiger partial charge in [0.05, 0.1) is 22.9 Å². The van der Waals surface area contributed by atoms with Crippen molar-refractivity contribution in [3.05, 3.63) is 24.3 Å². The quantitative estimate of drug-likeness (QED) is 0.741. The molecule has 1 saturated heterocycles. The predicted molar refractivity (Wildman–Crippen MR) is 66.3 cm³/mol. The van der Waals surface area contributed by atoms with E-state index in [1.807, 2.05) is 24.3 Å². The van der Waals surface area contributed by atoms with Crippen LogP contribution in [-0.2, 0) is 9.84 Å². The van der Waals surface area contributed by atoms with Gasteiger partial charge in [-0.2, -0.15) is 0 Å². The number of hydrogen-bond acceptors (Lipinski definition) is 4. The van der Waals surface area contributed by atoms with Crippen LogP contribution in [0.5, 0.6) is 0 Å². The average molecular weight is 240 g/mol. The molecule has 1 fully saturated rings. The van der Waals surface area contributed by atoms with E-state index in [1.165, 1.54) is 0 Å². The minimum Gasteiger partial charge on any atom is -0.397 e. The van der Waals surface area contributed by atoms with Crippen molar-refractivity contribution in [3.8, 4) is 0 Å². The second-order valence-corrected chi connectivity index (χ2v) is 6.35. The van der Waals surface area contributed by atoms with Gasteiger partial charge in [0, 0.05) is 13.1 Å². The zero-order valence-electron chi connectivity index (χ0n) is 9.09. The van der Waals surface area contributed by atoms with Gasteiger partial charge < -0.3 is 10.6 Å². The molecule has 0 radical (unpaired) electrons. The number of sulfone groups is 1. The summed E-state index contributed by atoms with van der Waals surface area (Å²) in [5, 5.41) is 0. The molecule has 1 aliphatic heterocycles. The second-order valence-electron chi connectivity index (χ2n) is 4.05. The maximum Gasteiger partial charge on any atom is 0.152 e. The molecule has 0 unspecified atom stereocenters. The van der Waals surface area contributed by atoms with E-state index in [0.29, 0.717) is 18.7 Å². The molecule has 2 N–H and O–H groups in total. The van der Waals surface area contributed by atoms with Crippen LogP contribution in [0.3, 0.4) is 0 Å². The van der Waals surface area contributed by atoms with Gasteiger partial charge in [0.25, 0.3) is 0 Å². The van der Waals surface area contributed by atoms with Crippen molar-refractivity contribution in [2.75, 3.05) is 35.2 Å². The van der Waals surface area contributed by atoms with Crippen molar-refractivity contribution in [3.63, 3.8) is 0 Å². The summed E-state index contributed by atoms with van der Waals surface area (Å²) < 4.78 is 22.9. The molecule has 16 heavy (non-hydrogen) atoms. The predicted octanol–water partition coefficient (Wildman–Crippen LogP) is 0.894. The summed E-state index contributed by atoms with van der Waals surface area (Å²) in [5.41, 5.74) is 7.53. The molecule has 0 spiro atoms. The van der Waals surface area contributed by atoms with Crippen LogP contribution < -0.4 is 10.6 Å². The van der Waals surface area contributed by atoms with Crippen molar-refractivity contribution in [2.45, 2.75) is 6.42 Å². The first kappa shape index (κ1) is 11.3. The summed E-state index contributed by atoms with van der Waals surface area (Å²) in [6.07, 6.45) is 0.677. The van der Waals surface area contributed by atoms with Crippen molar-refractivity contribution in [2.24, 2.45) is 0 Å². The molecule has 88 valence electrons. The maximum absolute atomic E-state index is 11.5. The summed E-state index contributed by atoms with van der Waals surface area (Å²) in [6, 6.07) is 7.58. The fraction of sp³-hybridized carbons (Fsp3) is 0.455. The molecule has 0 amide bonds. The van der Waals surface area contributed by atoms with E-state index in [0.717, 1.165) is 12.2 Å². The van der Waals surface area contributed by atoms with E-state index in [-0.39, 0.29) is 11.5 Å². The standard InChI is InChI=1S/C11H16N2O2S/c12-10-4-1-2-5-11(10)13-6-3-8-16(14,15)9-7-13/h1-2,4-5H,3,6-9,12H2. The molecule has 2 rings (SSSR count). The van der Waals surface area contributed by atoms with Crippen LogP contribution in [0, 0.1) is 0 Å². The van der Waals surface area contributed by atoms with Crippen LogP contribution >= 0.6 is 0 Å². The monoisotopic (exact) mass is 240 g/mol. The molecule has 1 aromatic carbocycles. The van der Waals surface area contributed by atoms with Gasteiger partial charge in [-0.05, 0) is 18.6 Å². The first-order valence-corrected chi connectivity index (χ1v) is 7.20. The molecule has 1 heterocycles. The summed E-state index contributed by atoms with van der Waals surface area (Å²) in [5.74, 6) is 0.511. The third-order valence-electron chi connectivity index (χ3n) is 2.83. The van der Waals surface area contributed by atoms with Gasteiger partial charge in [-0.1, -0.05) is 12.1 Å². The van der Waals surface area contributed by atoms with Gasteiger partial charge in [-0.3, -0.25) is 0 Å². The fourth-order valence-electron chi connectivity index (χ4n) is 1.95. The fourth-order valence-corrected chi connectivity index (χ4v) is 3.23. The lowest BCUT2D eigenvalue weighted by Gasteiger charge is -2.23. The van der Waals surface area contributed by atoms with E-state index < -0.39 is 9.84 Å². The van der Waals surface area contributed by atoms with Crippen molar-refractivity contribution in [1.29, 1.82) is 0 Å². The number of nitrogens with zero attached hydrogens (tertiary/aromatic N) is 1. The molecule has 0 bridgehead atoms. The molecule has 1 aromatic rings. The van der Waals surface area contributed by atoms with Crippen LogP contribution in [-0.4, -0.2) is 33.0 Å². The summed E-state index contributed by atoms with van der Waals surface area (Å²) in [6.45, 7) is 1.30. The lowest BCUT2D eigenvalue weighted by Crippen LogP contribution is -2.27. The first-order chi connectivity index (χ1) is 7.58. The molecule has 1 aliphatic rings. The minimum atomic E-state index is -2.86. The largest absolute Gasteiger partial charge is 0.397 e. The van der Waals surface area contributed by atoms with Crippen LogP contribution in [0.2, 0.25) is 0 Å². The number of para-hydroxylation sites is 2. The Bertz CT molecular complexity index is 471. The Morgan fingerprint density at radius 1 is 1.12 bits per heavy atom. The molecule has 0 atom stereocenters. The van der Waals surface area contributed by atoms with Crippen molar-refractivity contribution in [1.82, 2.24) is 0 Å². The van der Waals surface area contributed by atoms with Crippen LogP contribution in [0.25, 0.3) is 0 Å². The van der Waals surface area contributed by atoms with Gasteiger partial charge in [-0.15, -0.1) is 0 Å². The Hall–Kier alpha value is -1.23. The number of rotatable bonds is 1. The maximum atomic E-state index is 11.5. The summed E-state index contributed by atoms with van der Waals surface area (Å²) >= 11 is 0. The van der Waals surface area contributed by atoms with Gasteiger partial charge in [-0.25, -0.2) is 8.42 Å². The Morgan fingerprint density at radius 2 is 1.88 bits per heavy atom. The van der Waals surface area contributed by atoms with E-state index in [1.54, 1.807) is 0 Å². The third-order valence-corrected chi connectivity index (χ3v) is 4.55. The van der Waals surface area contributed by atoms with E-state index in [9.17, 15) is 8.42 Å². The molecule has 4 nitrogen and oxygen atoms in total. The Morgan fingerprint density at radius 3 is 2.62 bits per heavy atom. The van der Waals surface area contributed by atoms with Gasteiger partial charge in [0.2, 0.25) is 0 Å². The molecule has 0 aliphatic carbocycles. The topological polar surface area (TPSA) is 63.4 Å². The van der Waals surface area contributed by atoms with Gasteiger partial charge in [0.15, 0.2) is 9.84 Å². The van der Waals surface area contributed by atoms with E-state index >= 15 is 0 Å². The second kappa shape index (κ2) is 4.33. The molecule has 5 heteroatoms. The Labute approximate surface area is 96.0 Å². The first-order valence-electron chi connectivity index (χ1n) is 5.38. The van der Waals surface area contributed by atoms with Crippen molar-refractivity contribution < 1.29 is 8.42 Å². The van der Waals surface area contributed by atoms with Gasteiger partial charge in [0.1, 0.15) is 0 Å². The average Bonchev–Trinajstić information content (AvgIpc) is 2.40. The number of nitrogen functional groups attached to an aromatic ring is 1. The molecular weight excluding hydrogens is 224 g/mol. The SMILES string of the molecule is Nc1ccccc1N1CCCS(=O)(=O)CC1. The molecule has 0 aromatic heterocycles. The van der Waals surface area contributed by atoms with E-state index in [2.05, 4.69) is 4.90 Å². The highest BCUT2D eigenvalue weighted by Crippen LogP contribution is 2.23.